The molecule has 0 N–H and O–H groups in total. The Hall–Kier alpha value is -0.900. The standard InChI is InChI=1S/C5H8N2O2/c1-8-3-2-5-6-4-7-9-5/h4H,2-3H2,1H3/i4D. The summed E-state index contributed by atoms with van der Waals surface area (Å²) >= 11 is 0. The molecule has 1 aromatic rings. The third kappa shape index (κ3) is 1.81. The van der Waals surface area contributed by atoms with Crippen LogP contribution in [0.25, 0.3) is 0 Å². The summed E-state index contributed by atoms with van der Waals surface area (Å²) < 4.78 is 16.3. The third-order valence-electron chi connectivity index (χ3n) is 0.887. The van der Waals surface area contributed by atoms with E-state index in [2.05, 4.69) is 14.7 Å². The molecule has 1 rings (SSSR count). The lowest BCUT2D eigenvalue weighted by Crippen LogP contribution is -1.93. The lowest BCUT2D eigenvalue weighted by molar-refractivity contribution is 0.192. The molecule has 50 valence electrons. The number of nitrogens with zero attached hydrogens (tertiary/aromatic N) is 2. The molecule has 0 unspecified atom stereocenters. The van der Waals surface area contributed by atoms with E-state index >= 15 is 0 Å². The van der Waals surface area contributed by atoms with Gasteiger partial charge in [0.15, 0.2) is 6.30 Å². The summed E-state index contributed by atoms with van der Waals surface area (Å²) in [5.41, 5.74) is 0. The Morgan fingerprint density at radius 3 is 3.44 bits per heavy atom. The van der Waals surface area contributed by atoms with Crippen LogP contribution >= 0.6 is 0 Å². The Morgan fingerprint density at radius 1 is 2.00 bits per heavy atom. The lowest BCUT2D eigenvalue weighted by atomic mass is 10.5. The van der Waals surface area contributed by atoms with Gasteiger partial charge in [0, 0.05) is 7.11 Å². The summed E-state index contributed by atoms with van der Waals surface area (Å²) in [7, 11) is 1.60. The van der Waals surface area contributed by atoms with Crippen LogP contribution in [0.3, 0.4) is 0 Å². The highest BCUT2D eigenvalue weighted by Gasteiger charge is 1.95. The minimum Gasteiger partial charge on any atom is -0.384 e. The van der Waals surface area contributed by atoms with Crippen molar-refractivity contribution in [3.8, 4) is 0 Å². The van der Waals surface area contributed by atoms with E-state index in [1.807, 2.05) is 0 Å². The predicted molar refractivity (Wildman–Crippen MR) is 29.9 cm³/mol. The van der Waals surface area contributed by atoms with Crippen molar-refractivity contribution in [2.45, 2.75) is 6.42 Å². The minimum atomic E-state index is -0.0777. The van der Waals surface area contributed by atoms with Gasteiger partial charge >= 0.3 is 0 Å². The van der Waals surface area contributed by atoms with Gasteiger partial charge in [0.05, 0.1) is 13.0 Å². The van der Waals surface area contributed by atoms with Gasteiger partial charge in [-0.15, -0.1) is 0 Å². The second-order valence-corrected chi connectivity index (χ2v) is 1.53. The number of hydrogen-bond acceptors (Lipinski definition) is 4. The first-order chi connectivity index (χ1) is 4.83. The van der Waals surface area contributed by atoms with E-state index in [1.165, 1.54) is 0 Å². The van der Waals surface area contributed by atoms with Crippen LogP contribution in [0, 0.1) is 0 Å². The molecule has 0 atom stereocenters. The van der Waals surface area contributed by atoms with E-state index in [0.717, 1.165) is 0 Å². The van der Waals surface area contributed by atoms with E-state index in [4.69, 9.17) is 6.11 Å². The van der Waals surface area contributed by atoms with Crippen molar-refractivity contribution in [2.24, 2.45) is 0 Å². The van der Waals surface area contributed by atoms with Gasteiger partial charge in [0.25, 0.3) is 0 Å². The summed E-state index contributed by atoms with van der Waals surface area (Å²) in [5, 5.41) is 3.29. The molecule has 4 heteroatoms. The van der Waals surface area contributed by atoms with Gasteiger partial charge in [-0.1, -0.05) is 5.16 Å². The smallest absolute Gasteiger partial charge is 0.228 e. The predicted octanol–water partition coefficient (Wildman–Crippen LogP) is 0.258. The molecule has 9 heavy (non-hydrogen) atoms. The van der Waals surface area contributed by atoms with Crippen LogP contribution in [0.1, 0.15) is 7.26 Å². The first kappa shape index (κ1) is 4.93. The van der Waals surface area contributed by atoms with Crippen LogP contribution < -0.4 is 0 Å². The van der Waals surface area contributed by atoms with Crippen molar-refractivity contribution in [3.05, 3.63) is 12.2 Å². The van der Waals surface area contributed by atoms with Gasteiger partial charge < -0.3 is 9.26 Å². The highest BCUT2D eigenvalue weighted by Crippen LogP contribution is 1.90. The molecular weight excluding hydrogens is 120 g/mol. The molecule has 1 aromatic heterocycles. The van der Waals surface area contributed by atoms with Gasteiger partial charge in [-0.3, -0.25) is 0 Å². The quantitative estimate of drug-likeness (QED) is 0.587. The fourth-order valence-electron chi connectivity index (χ4n) is 0.461. The SMILES string of the molecule is [2H]c1noc(CCOC)n1. The van der Waals surface area contributed by atoms with Crippen molar-refractivity contribution in [2.75, 3.05) is 13.7 Å². The Labute approximate surface area is 54.2 Å². The molecule has 0 saturated carbocycles. The van der Waals surface area contributed by atoms with Crippen LogP contribution in [0.15, 0.2) is 10.8 Å². The molecule has 0 saturated heterocycles. The first-order valence-electron chi connectivity index (χ1n) is 3.11. The van der Waals surface area contributed by atoms with Crippen LogP contribution in [-0.2, 0) is 11.2 Å². The number of methoxy groups -OCH3 is 1. The number of ether oxygens (including phenoxy) is 1. The van der Waals surface area contributed by atoms with Crippen molar-refractivity contribution >= 4 is 0 Å². The Balaban J connectivity index is 2.42. The molecule has 0 fully saturated rings. The van der Waals surface area contributed by atoms with E-state index in [0.29, 0.717) is 18.9 Å². The fraction of sp³-hybridized carbons (Fsp3) is 0.600. The maximum atomic E-state index is 6.89. The topological polar surface area (TPSA) is 48.2 Å². The van der Waals surface area contributed by atoms with Gasteiger partial charge in [-0.05, 0) is 0 Å². The highest BCUT2D eigenvalue weighted by molar-refractivity contribution is 4.72. The zero-order valence-electron chi connectivity index (χ0n) is 6.13. The van der Waals surface area contributed by atoms with E-state index in [1.54, 1.807) is 7.11 Å². The van der Waals surface area contributed by atoms with E-state index < -0.39 is 0 Å². The van der Waals surface area contributed by atoms with Crippen LogP contribution in [0.5, 0.6) is 0 Å². The molecule has 0 aliphatic heterocycles. The number of aromatic nitrogens is 2. The highest BCUT2D eigenvalue weighted by atomic mass is 16.5. The van der Waals surface area contributed by atoms with Crippen LogP contribution in [-0.4, -0.2) is 23.9 Å². The third-order valence-corrected chi connectivity index (χ3v) is 0.887. The molecule has 4 nitrogen and oxygen atoms in total. The normalized spacial score (nSPS) is 11.4. The molecule has 0 aliphatic carbocycles. The van der Waals surface area contributed by atoms with Crippen molar-refractivity contribution < 1.29 is 10.6 Å². The van der Waals surface area contributed by atoms with Gasteiger partial charge in [0.1, 0.15) is 1.37 Å². The minimum absolute atomic E-state index is 0.0777. The van der Waals surface area contributed by atoms with Gasteiger partial charge in [-0.2, -0.15) is 4.98 Å². The number of hydrogen-bond donors (Lipinski definition) is 0. The van der Waals surface area contributed by atoms with Crippen molar-refractivity contribution in [1.29, 1.82) is 0 Å². The van der Waals surface area contributed by atoms with Crippen LogP contribution in [0.4, 0.5) is 0 Å². The van der Waals surface area contributed by atoms with E-state index in [9.17, 15) is 0 Å². The summed E-state index contributed by atoms with van der Waals surface area (Å²) in [6, 6.07) is 0. The average molecular weight is 129 g/mol. The van der Waals surface area contributed by atoms with Crippen molar-refractivity contribution in [1.82, 2.24) is 10.1 Å². The second-order valence-electron chi connectivity index (χ2n) is 1.53. The Morgan fingerprint density at radius 2 is 2.89 bits per heavy atom. The molecule has 0 spiro atoms. The Bertz CT molecular complexity index is 201. The second kappa shape index (κ2) is 3.19. The molecule has 0 amide bonds. The van der Waals surface area contributed by atoms with Gasteiger partial charge in [-0.25, -0.2) is 0 Å². The molecular formula is C5H8N2O2. The van der Waals surface area contributed by atoms with Crippen LogP contribution in [0.2, 0.25) is 0 Å². The zero-order chi connectivity index (χ0) is 7.40. The molecule has 0 aliphatic rings. The number of rotatable bonds is 3. The fourth-order valence-corrected chi connectivity index (χ4v) is 0.461. The Kier molecular flexibility index (Phi) is 1.75. The summed E-state index contributed by atoms with van der Waals surface area (Å²) in [5.74, 6) is 0.451. The summed E-state index contributed by atoms with van der Waals surface area (Å²) in [4.78, 5) is 3.66. The monoisotopic (exact) mass is 129 g/mol. The van der Waals surface area contributed by atoms with Crippen molar-refractivity contribution in [3.63, 3.8) is 0 Å². The first-order valence-corrected chi connectivity index (χ1v) is 2.61. The van der Waals surface area contributed by atoms with Gasteiger partial charge in [0.2, 0.25) is 5.89 Å². The molecule has 1 heterocycles. The maximum absolute atomic E-state index is 6.89. The summed E-state index contributed by atoms with van der Waals surface area (Å²) in [6.07, 6.45) is 0.494. The molecule has 0 radical (unpaired) electrons. The maximum Gasteiger partial charge on any atom is 0.228 e. The zero-order valence-corrected chi connectivity index (χ0v) is 5.13. The molecule has 0 bridgehead atoms. The lowest BCUT2D eigenvalue weighted by Gasteiger charge is -1.89. The van der Waals surface area contributed by atoms with E-state index in [-0.39, 0.29) is 6.30 Å². The molecule has 0 aromatic carbocycles. The average Bonchev–Trinajstić information content (AvgIpc) is 2.31. The largest absolute Gasteiger partial charge is 0.384 e. The summed E-state index contributed by atoms with van der Waals surface area (Å²) in [6.45, 7) is 0.543.